The number of carbonyl (C=O) groups is 1. The number of benzene rings is 1. The third-order valence-electron chi connectivity index (χ3n) is 2.88. The lowest BCUT2D eigenvalue weighted by Crippen LogP contribution is -2.11. The molecule has 0 saturated carbocycles. The molecule has 0 fully saturated rings. The predicted molar refractivity (Wildman–Crippen MR) is 79.8 cm³/mol. The summed E-state index contributed by atoms with van der Waals surface area (Å²) < 4.78 is 1.72. The number of hydrogen-bond donors (Lipinski definition) is 2. The Morgan fingerprint density at radius 1 is 1.50 bits per heavy atom. The van der Waals surface area contributed by atoms with Gasteiger partial charge in [0.25, 0.3) is 5.91 Å². The molecule has 2 rings (SSSR count). The van der Waals surface area contributed by atoms with E-state index in [2.05, 4.69) is 24.3 Å². The van der Waals surface area contributed by atoms with Crippen molar-refractivity contribution < 1.29 is 14.8 Å². The number of nitrogens with zero attached hydrogens (tertiary/aromatic N) is 3. The van der Waals surface area contributed by atoms with E-state index in [0.717, 1.165) is 18.7 Å². The second-order valence-corrected chi connectivity index (χ2v) is 5.26. The maximum absolute atomic E-state index is 12.0. The molecule has 8 nitrogen and oxygen atoms in total. The minimum Gasteiger partial charge on any atom is -0.502 e. The van der Waals surface area contributed by atoms with Gasteiger partial charge < -0.3 is 10.4 Å². The Labute approximate surface area is 126 Å². The lowest BCUT2D eigenvalue weighted by Gasteiger charge is -2.04. The van der Waals surface area contributed by atoms with Crippen LogP contribution in [-0.4, -0.2) is 25.7 Å². The second-order valence-electron chi connectivity index (χ2n) is 5.26. The highest BCUT2D eigenvalue weighted by Gasteiger charge is 2.16. The van der Waals surface area contributed by atoms with E-state index >= 15 is 0 Å². The highest BCUT2D eigenvalue weighted by Crippen LogP contribution is 2.26. The van der Waals surface area contributed by atoms with Crippen molar-refractivity contribution >= 4 is 17.3 Å². The third kappa shape index (κ3) is 3.60. The zero-order valence-electron chi connectivity index (χ0n) is 12.2. The van der Waals surface area contributed by atoms with Gasteiger partial charge in [0.05, 0.1) is 16.8 Å². The van der Waals surface area contributed by atoms with E-state index in [9.17, 15) is 20.0 Å². The van der Waals surface area contributed by atoms with Crippen molar-refractivity contribution in [3.8, 4) is 5.75 Å². The van der Waals surface area contributed by atoms with Crippen molar-refractivity contribution in [2.45, 2.75) is 20.4 Å². The molecule has 1 amide bonds. The SMILES string of the molecule is CC(C)Cn1cc(NC(=O)c2ccc([N+](=O)[O-])c(O)c2)cn1. The first-order valence-corrected chi connectivity index (χ1v) is 6.68. The summed E-state index contributed by atoms with van der Waals surface area (Å²) in [6.07, 6.45) is 3.22. The van der Waals surface area contributed by atoms with Gasteiger partial charge in [0.2, 0.25) is 0 Å². The van der Waals surface area contributed by atoms with Crippen LogP contribution in [0.2, 0.25) is 0 Å². The fourth-order valence-corrected chi connectivity index (χ4v) is 1.92. The molecule has 8 heteroatoms. The van der Waals surface area contributed by atoms with E-state index in [1.807, 2.05) is 0 Å². The zero-order chi connectivity index (χ0) is 16.3. The fourth-order valence-electron chi connectivity index (χ4n) is 1.92. The number of phenolic OH excluding ortho intramolecular Hbond substituents is 1. The minimum absolute atomic E-state index is 0.125. The number of amides is 1. The normalized spacial score (nSPS) is 10.7. The van der Waals surface area contributed by atoms with E-state index < -0.39 is 22.3 Å². The minimum atomic E-state index is -0.715. The Balaban J connectivity index is 2.10. The van der Waals surface area contributed by atoms with E-state index in [0.29, 0.717) is 11.6 Å². The zero-order valence-corrected chi connectivity index (χ0v) is 12.2. The summed E-state index contributed by atoms with van der Waals surface area (Å²) in [7, 11) is 0. The highest BCUT2D eigenvalue weighted by atomic mass is 16.6. The molecule has 22 heavy (non-hydrogen) atoms. The van der Waals surface area contributed by atoms with Crippen LogP contribution in [0, 0.1) is 16.0 Å². The molecular weight excluding hydrogens is 288 g/mol. The predicted octanol–water partition coefficient (Wildman–Crippen LogP) is 2.41. The number of nitro benzene ring substituents is 1. The topological polar surface area (TPSA) is 110 Å². The average Bonchev–Trinajstić information content (AvgIpc) is 2.84. The summed E-state index contributed by atoms with van der Waals surface area (Å²) in [4.78, 5) is 22.0. The standard InChI is InChI=1S/C14H16N4O4/c1-9(2)7-17-8-11(6-15-17)16-14(20)10-3-4-12(18(21)22)13(19)5-10/h3-6,8-9,19H,7H2,1-2H3,(H,16,20). The Hall–Kier alpha value is -2.90. The van der Waals surface area contributed by atoms with Crippen molar-refractivity contribution in [3.63, 3.8) is 0 Å². The van der Waals surface area contributed by atoms with Crippen molar-refractivity contribution in [1.29, 1.82) is 0 Å². The number of nitro groups is 1. The largest absolute Gasteiger partial charge is 0.502 e. The van der Waals surface area contributed by atoms with Crippen LogP contribution >= 0.6 is 0 Å². The van der Waals surface area contributed by atoms with Crippen molar-refractivity contribution in [2.75, 3.05) is 5.32 Å². The van der Waals surface area contributed by atoms with Crippen LogP contribution < -0.4 is 5.32 Å². The molecule has 116 valence electrons. The molecule has 0 radical (unpaired) electrons. The van der Waals surface area contributed by atoms with E-state index in [1.165, 1.54) is 12.3 Å². The second kappa shape index (κ2) is 6.25. The molecule has 0 aliphatic carbocycles. The van der Waals surface area contributed by atoms with Crippen LogP contribution in [0.1, 0.15) is 24.2 Å². The Kier molecular flexibility index (Phi) is 4.40. The molecule has 0 aliphatic heterocycles. The lowest BCUT2D eigenvalue weighted by molar-refractivity contribution is -0.385. The highest BCUT2D eigenvalue weighted by molar-refractivity contribution is 6.04. The number of aromatic hydroxyl groups is 1. The number of nitrogens with one attached hydrogen (secondary N) is 1. The molecule has 0 saturated heterocycles. The van der Waals surface area contributed by atoms with Crippen molar-refractivity contribution in [3.05, 3.63) is 46.3 Å². The van der Waals surface area contributed by atoms with Gasteiger partial charge in [0, 0.05) is 24.4 Å². The fraction of sp³-hybridized carbons (Fsp3) is 0.286. The number of carbonyl (C=O) groups excluding carboxylic acids is 1. The average molecular weight is 304 g/mol. The van der Waals surface area contributed by atoms with Gasteiger partial charge in [0.15, 0.2) is 5.75 Å². The monoisotopic (exact) mass is 304 g/mol. The van der Waals surface area contributed by atoms with Crippen molar-refractivity contribution in [2.24, 2.45) is 5.92 Å². The van der Waals surface area contributed by atoms with Crippen LogP contribution in [0.25, 0.3) is 0 Å². The molecule has 1 heterocycles. The first kappa shape index (κ1) is 15.5. The molecule has 2 aromatic rings. The van der Waals surface area contributed by atoms with Gasteiger partial charge in [0.1, 0.15) is 0 Å². The first-order valence-electron chi connectivity index (χ1n) is 6.68. The third-order valence-corrected chi connectivity index (χ3v) is 2.88. The first-order chi connectivity index (χ1) is 10.4. The molecular formula is C14H16N4O4. The molecule has 0 bridgehead atoms. The number of phenols is 1. The van der Waals surface area contributed by atoms with Crippen LogP contribution in [0.15, 0.2) is 30.6 Å². The van der Waals surface area contributed by atoms with Crippen LogP contribution in [0.5, 0.6) is 5.75 Å². The summed E-state index contributed by atoms with van der Waals surface area (Å²) in [5.74, 6) is -0.600. The van der Waals surface area contributed by atoms with Gasteiger partial charge >= 0.3 is 5.69 Å². The van der Waals surface area contributed by atoms with E-state index in [4.69, 9.17) is 0 Å². The van der Waals surface area contributed by atoms with Crippen LogP contribution in [0.4, 0.5) is 11.4 Å². The summed E-state index contributed by atoms with van der Waals surface area (Å²) in [6.45, 7) is 4.84. The van der Waals surface area contributed by atoms with Gasteiger partial charge in [-0.1, -0.05) is 13.8 Å². The lowest BCUT2D eigenvalue weighted by atomic mass is 10.2. The van der Waals surface area contributed by atoms with Gasteiger partial charge in [-0.3, -0.25) is 19.6 Å². The smallest absolute Gasteiger partial charge is 0.310 e. The molecule has 0 aliphatic rings. The molecule has 1 aromatic heterocycles. The van der Waals surface area contributed by atoms with Gasteiger partial charge in [-0.2, -0.15) is 5.10 Å². The van der Waals surface area contributed by atoms with Gasteiger partial charge in [-0.25, -0.2) is 0 Å². The van der Waals surface area contributed by atoms with Gasteiger partial charge in [-0.05, 0) is 18.1 Å². The maximum Gasteiger partial charge on any atom is 0.310 e. The molecule has 0 unspecified atom stereocenters. The molecule has 2 N–H and O–H groups in total. The number of anilines is 1. The number of hydrogen-bond acceptors (Lipinski definition) is 5. The molecule has 1 aromatic carbocycles. The maximum atomic E-state index is 12.0. The van der Waals surface area contributed by atoms with E-state index in [-0.39, 0.29) is 5.56 Å². The summed E-state index contributed by atoms with van der Waals surface area (Å²) in [5.41, 5.74) is 0.199. The Morgan fingerprint density at radius 3 is 2.82 bits per heavy atom. The number of rotatable bonds is 5. The Bertz CT molecular complexity index is 709. The van der Waals surface area contributed by atoms with E-state index in [1.54, 1.807) is 10.9 Å². The summed E-state index contributed by atoms with van der Waals surface area (Å²) in [6, 6.07) is 3.43. The number of aromatic nitrogens is 2. The van der Waals surface area contributed by atoms with Crippen molar-refractivity contribution in [1.82, 2.24) is 9.78 Å². The van der Waals surface area contributed by atoms with Crippen LogP contribution in [0.3, 0.4) is 0 Å². The summed E-state index contributed by atoms with van der Waals surface area (Å²) in [5, 5.41) is 26.9. The molecule has 0 atom stereocenters. The Morgan fingerprint density at radius 2 is 2.23 bits per heavy atom. The summed E-state index contributed by atoms with van der Waals surface area (Å²) >= 11 is 0. The molecule has 0 spiro atoms. The van der Waals surface area contributed by atoms with Gasteiger partial charge in [-0.15, -0.1) is 0 Å². The van der Waals surface area contributed by atoms with Crippen LogP contribution in [-0.2, 0) is 6.54 Å². The quantitative estimate of drug-likeness (QED) is 0.651.